The summed E-state index contributed by atoms with van der Waals surface area (Å²) in [6, 6.07) is 18.6. The quantitative estimate of drug-likeness (QED) is 0.104. The molecular formula is C24H16BrCl2N3O4. The number of carbonyl (C=O) groups excluding carboxylic acids is 3. The number of benzene rings is 3. The molecule has 172 valence electrons. The van der Waals surface area contributed by atoms with Crippen molar-refractivity contribution in [3.8, 4) is 5.75 Å². The van der Waals surface area contributed by atoms with E-state index in [2.05, 4.69) is 31.8 Å². The number of hydrogen-bond donors (Lipinski definition) is 2. The average molecular weight is 561 g/mol. The topological polar surface area (TPSA) is 96.9 Å². The first-order chi connectivity index (χ1) is 16.3. The maximum Gasteiger partial charge on any atom is 0.336 e. The van der Waals surface area contributed by atoms with E-state index in [0.717, 1.165) is 5.56 Å². The zero-order valence-electron chi connectivity index (χ0n) is 17.3. The molecule has 3 aromatic carbocycles. The van der Waals surface area contributed by atoms with Crippen molar-refractivity contribution in [2.45, 2.75) is 0 Å². The largest absolute Gasteiger partial charge is 0.423 e. The smallest absolute Gasteiger partial charge is 0.336 e. The average Bonchev–Trinajstić information content (AvgIpc) is 2.82. The molecule has 0 radical (unpaired) electrons. The lowest BCUT2D eigenvalue weighted by atomic mass is 10.2. The zero-order valence-corrected chi connectivity index (χ0v) is 20.4. The number of halogens is 3. The second-order valence-electron chi connectivity index (χ2n) is 6.62. The second-order valence-corrected chi connectivity index (χ2v) is 8.38. The molecule has 0 aliphatic rings. The molecule has 0 aromatic heterocycles. The lowest BCUT2D eigenvalue weighted by Gasteiger charge is -2.07. The van der Waals surface area contributed by atoms with E-state index in [-0.39, 0.29) is 16.5 Å². The number of hydrazone groups is 1. The predicted octanol–water partition coefficient (Wildman–Crippen LogP) is 5.46. The highest BCUT2D eigenvalue weighted by Gasteiger charge is 2.15. The summed E-state index contributed by atoms with van der Waals surface area (Å²) in [5, 5.41) is 6.68. The number of esters is 1. The Hall–Kier alpha value is -3.46. The van der Waals surface area contributed by atoms with Crippen molar-refractivity contribution >= 4 is 74.9 Å². The molecule has 3 rings (SSSR count). The normalized spacial score (nSPS) is 10.9. The molecule has 0 unspecified atom stereocenters. The summed E-state index contributed by atoms with van der Waals surface area (Å²) < 4.78 is 6.06. The third-order valence-corrected chi connectivity index (χ3v) is 5.20. The van der Waals surface area contributed by atoms with E-state index in [9.17, 15) is 14.4 Å². The Morgan fingerprint density at radius 3 is 2.47 bits per heavy atom. The summed E-state index contributed by atoms with van der Waals surface area (Å²) in [7, 11) is 0. The first-order valence-electron chi connectivity index (χ1n) is 9.66. The van der Waals surface area contributed by atoms with Crippen LogP contribution < -0.4 is 15.5 Å². The summed E-state index contributed by atoms with van der Waals surface area (Å²) in [4.78, 5) is 36.4. The first kappa shape index (κ1) is 25.2. The standard InChI is InChI=1S/C24H16BrCl2N3O4/c25-17-7-10-21(34-22(31)11-6-15-4-2-1-3-5-15)16(12-17)14-28-30-24(33)23(32)29-20-13-18(26)8-9-19(20)27/h1-14H,(H,29,32)(H,30,33). The number of carbonyl (C=O) groups is 3. The van der Waals surface area contributed by atoms with Gasteiger partial charge in [0.25, 0.3) is 0 Å². The van der Waals surface area contributed by atoms with Crippen molar-refractivity contribution in [1.82, 2.24) is 5.43 Å². The van der Waals surface area contributed by atoms with Gasteiger partial charge in [0.1, 0.15) is 5.75 Å². The molecule has 34 heavy (non-hydrogen) atoms. The van der Waals surface area contributed by atoms with Crippen molar-refractivity contribution in [3.05, 3.63) is 98.5 Å². The maximum absolute atomic E-state index is 12.2. The van der Waals surface area contributed by atoms with Gasteiger partial charge in [-0.2, -0.15) is 5.10 Å². The molecule has 0 saturated heterocycles. The van der Waals surface area contributed by atoms with Crippen LogP contribution in [-0.4, -0.2) is 24.0 Å². The van der Waals surface area contributed by atoms with Crippen LogP contribution in [0.1, 0.15) is 11.1 Å². The van der Waals surface area contributed by atoms with Gasteiger partial charge in [-0.05, 0) is 48.0 Å². The van der Waals surface area contributed by atoms with Gasteiger partial charge in [-0.25, -0.2) is 10.2 Å². The molecule has 0 saturated carbocycles. The third kappa shape index (κ3) is 7.55. The lowest BCUT2D eigenvalue weighted by Crippen LogP contribution is -2.32. The molecular weight excluding hydrogens is 545 g/mol. The zero-order chi connectivity index (χ0) is 24.5. The molecule has 10 heteroatoms. The number of ether oxygens (including phenoxy) is 1. The van der Waals surface area contributed by atoms with Crippen LogP contribution in [0.25, 0.3) is 6.08 Å². The second kappa shape index (κ2) is 12.1. The summed E-state index contributed by atoms with van der Waals surface area (Å²) in [6.07, 6.45) is 4.16. The fourth-order valence-electron chi connectivity index (χ4n) is 2.57. The van der Waals surface area contributed by atoms with E-state index in [0.29, 0.717) is 15.1 Å². The Bertz CT molecular complexity index is 1280. The van der Waals surface area contributed by atoms with Crippen LogP contribution in [0.4, 0.5) is 5.69 Å². The number of hydrogen-bond acceptors (Lipinski definition) is 5. The number of nitrogens with zero attached hydrogens (tertiary/aromatic N) is 1. The van der Waals surface area contributed by atoms with Crippen molar-refractivity contribution in [3.63, 3.8) is 0 Å². The molecule has 0 spiro atoms. The van der Waals surface area contributed by atoms with Crippen molar-refractivity contribution < 1.29 is 19.1 Å². The molecule has 0 aliphatic heterocycles. The number of nitrogens with one attached hydrogen (secondary N) is 2. The Morgan fingerprint density at radius 1 is 0.941 bits per heavy atom. The number of amides is 2. The minimum Gasteiger partial charge on any atom is -0.423 e. The van der Waals surface area contributed by atoms with Gasteiger partial charge in [0.05, 0.1) is 16.9 Å². The van der Waals surface area contributed by atoms with Gasteiger partial charge in [-0.15, -0.1) is 0 Å². The summed E-state index contributed by atoms with van der Waals surface area (Å²) in [5.41, 5.74) is 3.52. The Balaban J connectivity index is 1.63. The first-order valence-corrected chi connectivity index (χ1v) is 11.2. The highest BCUT2D eigenvalue weighted by Crippen LogP contribution is 2.25. The van der Waals surface area contributed by atoms with Gasteiger partial charge in [0, 0.05) is 21.1 Å². The Labute approximate surface area is 213 Å². The van der Waals surface area contributed by atoms with Gasteiger partial charge in [0.15, 0.2) is 0 Å². The minimum atomic E-state index is -1.04. The van der Waals surface area contributed by atoms with Crippen LogP contribution in [0.3, 0.4) is 0 Å². The van der Waals surface area contributed by atoms with Crippen LogP contribution in [0, 0.1) is 0 Å². The van der Waals surface area contributed by atoms with Gasteiger partial charge in [-0.1, -0.05) is 69.5 Å². The Kier molecular flexibility index (Phi) is 8.98. The monoisotopic (exact) mass is 559 g/mol. The maximum atomic E-state index is 12.2. The van der Waals surface area contributed by atoms with E-state index >= 15 is 0 Å². The van der Waals surface area contributed by atoms with E-state index < -0.39 is 17.8 Å². The molecule has 7 nitrogen and oxygen atoms in total. The van der Waals surface area contributed by atoms with E-state index in [1.165, 1.54) is 24.4 Å². The molecule has 0 aliphatic carbocycles. The molecule has 3 aromatic rings. The highest BCUT2D eigenvalue weighted by atomic mass is 79.9. The summed E-state index contributed by atoms with van der Waals surface area (Å²) in [6.45, 7) is 0. The summed E-state index contributed by atoms with van der Waals surface area (Å²) >= 11 is 15.2. The lowest BCUT2D eigenvalue weighted by molar-refractivity contribution is -0.136. The van der Waals surface area contributed by atoms with E-state index in [4.69, 9.17) is 27.9 Å². The molecule has 0 heterocycles. The molecule has 0 fully saturated rings. The third-order valence-electron chi connectivity index (χ3n) is 4.15. The fourth-order valence-corrected chi connectivity index (χ4v) is 3.28. The van der Waals surface area contributed by atoms with Gasteiger partial charge >= 0.3 is 17.8 Å². The van der Waals surface area contributed by atoms with Gasteiger partial charge in [0.2, 0.25) is 0 Å². The van der Waals surface area contributed by atoms with Crippen LogP contribution in [0.2, 0.25) is 10.0 Å². The van der Waals surface area contributed by atoms with Crippen LogP contribution in [-0.2, 0) is 14.4 Å². The number of anilines is 1. The molecule has 2 N–H and O–H groups in total. The molecule has 0 bridgehead atoms. The number of rotatable bonds is 6. The van der Waals surface area contributed by atoms with Crippen molar-refractivity contribution in [2.24, 2.45) is 5.10 Å². The highest BCUT2D eigenvalue weighted by molar-refractivity contribution is 9.10. The van der Waals surface area contributed by atoms with Gasteiger partial charge < -0.3 is 10.1 Å². The van der Waals surface area contributed by atoms with Crippen LogP contribution in [0.5, 0.6) is 5.75 Å². The van der Waals surface area contributed by atoms with E-state index in [1.54, 1.807) is 30.3 Å². The molecule has 2 amide bonds. The van der Waals surface area contributed by atoms with E-state index in [1.807, 2.05) is 30.3 Å². The summed E-state index contributed by atoms with van der Waals surface area (Å²) in [5.74, 6) is -2.42. The minimum absolute atomic E-state index is 0.183. The van der Waals surface area contributed by atoms with Crippen LogP contribution >= 0.6 is 39.1 Å². The van der Waals surface area contributed by atoms with Crippen molar-refractivity contribution in [2.75, 3.05) is 5.32 Å². The SMILES string of the molecule is O=C(C=Cc1ccccc1)Oc1ccc(Br)cc1C=NNC(=O)C(=O)Nc1cc(Cl)ccc1Cl. The fraction of sp³-hybridized carbons (Fsp3) is 0. The van der Waals surface area contributed by atoms with Gasteiger partial charge in [-0.3, -0.25) is 9.59 Å². The Morgan fingerprint density at radius 2 is 1.71 bits per heavy atom. The predicted molar refractivity (Wildman–Crippen MR) is 136 cm³/mol. The van der Waals surface area contributed by atoms with Crippen LogP contribution in [0.15, 0.2) is 82.4 Å². The molecule has 0 atom stereocenters. The van der Waals surface area contributed by atoms with Crippen molar-refractivity contribution in [1.29, 1.82) is 0 Å².